The van der Waals surface area contributed by atoms with Crippen LogP contribution in [0.1, 0.15) is 16.7 Å². The number of carbonyl (C=O) groups excluding carboxylic acids is 2. The number of amides is 1. The Balaban J connectivity index is 1.51. The molecule has 0 spiro atoms. The highest BCUT2D eigenvalue weighted by Crippen LogP contribution is 2.32. The minimum Gasteiger partial charge on any atom is -0.454 e. The quantitative estimate of drug-likeness (QED) is 0.660. The van der Waals surface area contributed by atoms with E-state index in [0.717, 1.165) is 22.4 Å². The topological polar surface area (TPSA) is 73.9 Å². The average molecular weight is 353 g/mol. The maximum atomic E-state index is 12.0. The minimum atomic E-state index is -0.598. The van der Waals surface area contributed by atoms with Crippen LogP contribution < -0.4 is 14.8 Å². The molecule has 0 aliphatic carbocycles. The van der Waals surface area contributed by atoms with E-state index in [1.807, 2.05) is 32.0 Å². The molecule has 3 rings (SSSR count). The van der Waals surface area contributed by atoms with Crippen LogP contribution in [0, 0.1) is 13.8 Å². The first-order chi connectivity index (χ1) is 12.5. The Bertz CT molecular complexity index is 852. The number of rotatable bonds is 5. The van der Waals surface area contributed by atoms with E-state index in [9.17, 15) is 9.59 Å². The van der Waals surface area contributed by atoms with Crippen molar-refractivity contribution in [3.63, 3.8) is 0 Å². The van der Waals surface area contributed by atoms with Crippen LogP contribution in [-0.4, -0.2) is 25.3 Å². The summed E-state index contributed by atoms with van der Waals surface area (Å²) in [6.45, 7) is 3.66. The summed E-state index contributed by atoms with van der Waals surface area (Å²) in [5.41, 5.74) is 3.41. The van der Waals surface area contributed by atoms with Gasteiger partial charge in [0.15, 0.2) is 18.1 Å². The van der Waals surface area contributed by atoms with E-state index in [1.165, 1.54) is 6.08 Å². The van der Waals surface area contributed by atoms with Crippen LogP contribution in [-0.2, 0) is 14.3 Å². The van der Waals surface area contributed by atoms with Crippen LogP contribution in [0.15, 0.2) is 42.5 Å². The van der Waals surface area contributed by atoms with Crippen LogP contribution in [0.2, 0.25) is 0 Å². The van der Waals surface area contributed by atoms with Crippen LogP contribution in [0.3, 0.4) is 0 Å². The molecular weight excluding hydrogens is 334 g/mol. The maximum absolute atomic E-state index is 12.0. The second-order valence-corrected chi connectivity index (χ2v) is 5.87. The molecule has 2 aromatic rings. The molecule has 1 aliphatic rings. The molecule has 1 N–H and O–H groups in total. The molecule has 6 heteroatoms. The van der Waals surface area contributed by atoms with Gasteiger partial charge >= 0.3 is 5.97 Å². The van der Waals surface area contributed by atoms with E-state index in [2.05, 4.69) is 5.32 Å². The van der Waals surface area contributed by atoms with E-state index >= 15 is 0 Å². The molecule has 0 bridgehead atoms. The first-order valence-corrected chi connectivity index (χ1v) is 8.13. The fraction of sp³-hybridized carbons (Fsp3) is 0.200. The minimum absolute atomic E-state index is 0.194. The highest BCUT2D eigenvalue weighted by molar-refractivity contribution is 5.95. The molecule has 0 unspecified atom stereocenters. The van der Waals surface area contributed by atoms with Gasteiger partial charge in [0.1, 0.15) is 0 Å². The van der Waals surface area contributed by atoms with E-state index in [0.29, 0.717) is 11.5 Å². The Morgan fingerprint density at radius 1 is 1.12 bits per heavy atom. The lowest BCUT2D eigenvalue weighted by Crippen LogP contribution is -2.21. The SMILES string of the molecule is Cc1cccc(C)c1NC(=O)COC(=O)/C=C/c1ccc2c(c1)OCO2. The fourth-order valence-electron chi connectivity index (χ4n) is 2.55. The average Bonchev–Trinajstić information content (AvgIpc) is 3.09. The van der Waals surface area contributed by atoms with Crippen molar-refractivity contribution in [3.05, 3.63) is 59.2 Å². The molecule has 6 nitrogen and oxygen atoms in total. The molecule has 1 amide bonds. The number of nitrogens with one attached hydrogen (secondary N) is 1. The second kappa shape index (κ2) is 7.74. The number of aryl methyl sites for hydroxylation is 2. The number of ether oxygens (including phenoxy) is 3. The van der Waals surface area contributed by atoms with Crippen molar-refractivity contribution in [1.82, 2.24) is 0 Å². The van der Waals surface area contributed by atoms with Gasteiger partial charge in [0.25, 0.3) is 5.91 Å². The van der Waals surface area contributed by atoms with E-state index in [1.54, 1.807) is 24.3 Å². The zero-order valence-corrected chi connectivity index (χ0v) is 14.6. The molecule has 2 aromatic carbocycles. The van der Waals surface area contributed by atoms with Crippen molar-refractivity contribution in [2.75, 3.05) is 18.7 Å². The molecule has 0 saturated carbocycles. The molecule has 0 aromatic heterocycles. The lowest BCUT2D eigenvalue weighted by molar-refractivity contribution is -0.142. The first-order valence-electron chi connectivity index (χ1n) is 8.13. The van der Waals surface area contributed by atoms with Gasteiger partial charge in [0.2, 0.25) is 6.79 Å². The van der Waals surface area contributed by atoms with Gasteiger partial charge < -0.3 is 19.5 Å². The van der Waals surface area contributed by atoms with Gasteiger partial charge in [-0.3, -0.25) is 4.79 Å². The number of hydrogen-bond acceptors (Lipinski definition) is 5. The number of carbonyl (C=O) groups is 2. The van der Waals surface area contributed by atoms with E-state index in [4.69, 9.17) is 14.2 Å². The predicted molar refractivity (Wildman–Crippen MR) is 97.1 cm³/mol. The lowest BCUT2D eigenvalue weighted by Gasteiger charge is -2.11. The molecule has 1 aliphatic heterocycles. The normalized spacial score (nSPS) is 12.2. The predicted octanol–water partition coefficient (Wildman–Crippen LogP) is 3.23. The zero-order chi connectivity index (χ0) is 18.5. The summed E-state index contributed by atoms with van der Waals surface area (Å²) in [5.74, 6) is 0.327. The first kappa shape index (κ1) is 17.5. The molecule has 26 heavy (non-hydrogen) atoms. The Kier molecular flexibility index (Phi) is 5.22. The van der Waals surface area contributed by atoms with Crippen LogP contribution >= 0.6 is 0 Å². The van der Waals surface area contributed by atoms with Gasteiger partial charge in [-0.15, -0.1) is 0 Å². The highest BCUT2D eigenvalue weighted by Gasteiger charge is 2.13. The van der Waals surface area contributed by atoms with E-state index in [-0.39, 0.29) is 19.3 Å². The second-order valence-electron chi connectivity index (χ2n) is 5.87. The Morgan fingerprint density at radius 3 is 2.62 bits per heavy atom. The monoisotopic (exact) mass is 353 g/mol. The molecule has 1 heterocycles. The third-order valence-electron chi connectivity index (χ3n) is 3.90. The van der Waals surface area contributed by atoms with Crippen LogP contribution in [0.25, 0.3) is 6.08 Å². The number of fused-ring (bicyclic) bond motifs is 1. The van der Waals surface area contributed by atoms with Gasteiger partial charge in [0, 0.05) is 11.8 Å². The highest BCUT2D eigenvalue weighted by atomic mass is 16.7. The Labute approximate surface area is 151 Å². The molecule has 0 radical (unpaired) electrons. The Hall–Kier alpha value is -3.28. The molecule has 134 valence electrons. The van der Waals surface area contributed by atoms with Crippen molar-refractivity contribution in [2.45, 2.75) is 13.8 Å². The molecule has 0 saturated heterocycles. The third-order valence-corrected chi connectivity index (χ3v) is 3.90. The van der Waals surface area contributed by atoms with Gasteiger partial charge in [-0.2, -0.15) is 0 Å². The van der Waals surface area contributed by atoms with Crippen LogP contribution in [0.4, 0.5) is 5.69 Å². The van der Waals surface area contributed by atoms with Crippen molar-refractivity contribution in [2.24, 2.45) is 0 Å². The maximum Gasteiger partial charge on any atom is 0.331 e. The zero-order valence-electron chi connectivity index (χ0n) is 14.6. The Morgan fingerprint density at radius 2 is 1.85 bits per heavy atom. The van der Waals surface area contributed by atoms with Gasteiger partial charge in [0.05, 0.1) is 0 Å². The number of anilines is 1. The molecular formula is C20H19NO5. The van der Waals surface area contributed by atoms with Gasteiger partial charge in [-0.25, -0.2) is 4.79 Å². The van der Waals surface area contributed by atoms with Crippen LogP contribution in [0.5, 0.6) is 11.5 Å². The standard InChI is InChI=1S/C20H19NO5/c1-13-4-3-5-14(2)20(13)21-18(22)11-24-19(23)9-7-15-6-8-16-17(10-15)26-12-25-16/h3-10H,11-12H2,1-2H3,(H,21,22)/b9-7+. The summed E-state index contributed by atoms with van der Waals surface area (Å²) < 4.78 is 15.5. The summed E-state index contributed by atoms with van der Waals surface area (Å²) in [6, 6.07) is 11.1. The largest absolute Gasteiger partial charge is 0.454 e. The third kappa shape index (κ3) is 4.22. The number of esters is 1. The number of hydrogen-bond donors (Lipinski definition) is 1. The van der Waals surface area contributed by atoms with Crippen molar-refractivity contribution < 1.29 is 23.8 Å². The molecule has 0 atom stereocenters. The van der Waals surface area contributed by atoms with E-state index < -0.39 is 5.97 Å². The summed E-state index contributed by atoms with van der Waals surface area (Å²) >= 11 is 0. The number of para-hydroxylation sites is 1. The molecule has 0 fully saturated rings. The van der Waals surface area contributed by atoms with Crippen molar-refractivity contribution in [3.8, 4) is 11.5 Å². The van der Waals surface area contributed by atoms with Crippen molar-refractivity contribution >= 4 is 23.6 Å². The fourth-order valence-corrected chi connectivity index (χ4v) is 2.55. The summed E-state index contributed by atoms with van der Waals surface area (Å²) in [4.78, 5) is 23.8. The summed E-state index contributed by atoms with van der Waals surface area (Å²) in [6.07, 6.45) is 2.86. The lowest BCUT2D eigenvalue weighted by atomic mass is 10.1. The number of benzene rings is 2. The van der Waals surface area contributed by atoms with Gasteiger partial charge in [-0.05, 0) is 48.7 Å². The van der Waals surface area contributed by atoms with Gasteiger partial charge in [-0.1, -0.05) is 24.3 Å². The van der Waals surface area contributed by atoms with Crippen molar-refractivity contribution in [1.29, 1.82) is 0 Å². The summed E-state index contributed by atoms with van der Waals surface area (Å²) in [5, 5.41) is 2.77. The smallest absolute Gasteiger partial charge is 0.331 e. The summed E-state index contributed by atoms with van der Waals surface area (Å²) in [7, 11) is 0.